The van der Waals surface area contributed by atoms with E-state index in [0.29, 0.717) is 17.1 Å². The Hall–Kier alpha value is -2.08. The highest BCUT2D eigenvalue weighted by molar-refractivity contribution is 9.10. The van der Waals surface area contributed by atoms with Crippen molar-refractivity contribution in [3.63, 3.8) is 0 Å². The van der Waals surface area contributed by atoms with E-state index in [1.165, 1.54) is 32.4 Å². The lowest BCUT2D eigenvalue weighted by Crippen LogP contribution is -2.14. The van der Waals surface area contributed by atoms with Crippen molar-refractivity contribution in [3.8, 4) is 11.5 Å². The van der Waals surface area contributed by atoms with E-state index in [1.54, 1.807) is 18.2 Å². The van der Waals surface area contributed by atoms with Crippen molar-refractivity contribution in [2.24, 2.45) is 0 Å². The Morgan fingerprint density at radius 1 is 1.14 bits per heavy atom. The van der Waals surface area contributed by atoms with Crippen LogP contribution in [0.3, 0.4) is 0 Å². The summed E-state index contributed by atoms with van der Waals surface area (Å²) in [6.45, 7) is 0. The highest BCUT2D eigenvalue weighted by atomic mass is 79.9. The number of methoxy groups -OCH3 is 2. The fourth-order valence-corrected chi connectivity index (χ4v) is 2.11. The normalized spacial score (nSPS) is 10.1. The van der Waals surface area contributed by atoms with Gasteiger partial charge in [-0.2, -0.15) is 0 Å². The second-order valence-electron chi connectivity index (χ2n) is 4.14. The van der Waals surface area contributed by atoms with Gasteiger partial charge in [-0.3, -0.25) is 4.79 Å². The summed E-state index contributed by atoms with van der Waals surface area (Å²) >= 11 is 3.30. The van der Waals surface area contributed by atoms with Crippen LogP contribution in [0, 0.1) is 5.82 Å². The first-order valence-electron chi connectivity index (χ1n) is 6.03. The van der Waals surface area contributed by atoms with Crippen molar-refractivity contribution < 1.29 is 18.7 Å². The van der Waals surface area contributed by atoms with Gasteiger partial charge >= 0.3 is 0 Å². The Balaban J connectivity index is 2.30. The predicted octanol–water partition coefficient (Wildman–Crippen LogP) is 3.86. The highest BCUT2D eigenvalue weighted by Gasteiger charge is 2.15. The van der Waals surface area contributed by atoms with Gasteiger partial charge in [-0.25, -0.2) is 4.39 Å². The first-order chi connectivity index (χ1) is 10.0. The van der Waals surface area contributed by atoms with Gasteiger partial charge in [0.15, 0.2) is 0 Å². The molecule has 0 spiro atoms. The van der Waals surface area contributed by atoms with E-state index in [4.69, 9.17) is 9.47 Å². The third kappa shape index (κ3) is 3.52. The summed E-state index contributed by atoms with van der Waals surface area (Å²) in [5.41, 5.74) is 0.354. The molecule has 0 unspecified atom stereocenters. The number of hydrogen-bond donors (Lipinski definition) is 1. The first-order valence-corrected chi connectivity index (χ1v) is 6.83. The van der Waals surface area contributed by atoms with Crippen molar-refractivity contribution in [2.45, 2.75) is 0 Å². The molecule has 0 aromatic heterocycles. The van der Waals surface area contributed by atoms with Gasteiger partial charge in [0.05, 0.1) is 25.5 Å². The minimum atomic E-state index is -0.541. The van der Waals surface area contributed by atoms with Crippen LogP contribution in [-0.2, 0) is 0 Å². The molecule has 0 heterocycles. The zero-order valence-corrected chi connectivity index (χ0v) is 13.0. The lowest BCUT2D eigenvalue weighted by Gasteiger charge is -2.11. The highest BCUT2D eigenvalue weighted by Crippen LogP contribution is 2.26. The van der Waals surface area contributed by atoms with Crippen molar-refractivity contribution in [1.82, 2.24) is 0 Å². The molecule has 0 saturated heterocycles. The molecular formula is C15H13BrFNO3. The Labute approximate surface area is 130 Å². The molecule has 2 aromatic rings. The van der Waals surface area contributed by atoms with Crippen LogP contribution < -0.4 is 14.8 Å². The average molecular weight is 354 g/mol. The third-order valence-electron chi connectivity index (χ3n) is 2.83. The minimum Gasteiger partial charge on any atom is -0.497 e. The minimum absolute atomic E-state index is 0.0457. The standard InChI is InChI=1S/C15H13BrFNO3/c1-20-10-4-6-12(17)13(8-10)18-15(19)11-5-3-9(16)7-14(11)21-2/h3-8H,1-2H3,(H,18,19). The first kappa shape index (κ1) is 15.3. The van der Waals surface area contributed by atoms with Gasteiger partial charge in [-0.05, 0) is 30.3 Å². The van der Waals surface area contributed by atoms with Gasteiger partial charge in [0.1, 0.15) is 17.3 Å². The second-order valence-corrected chi connectivity index (χ2v) is 5.06. The monoisotopic (exact) mass is 353 g/mol. The number of carbonyl (C=O) groups is 1. The number of halogens is 2. The molecule has 0 saturated carbocycles. The van der Waals surface area contributed by atoms with Crippen LogP contribution in [0.1, 0.15) is 10.4 Å². The SMILES string of the molecule is COc1ccc(F)c(NC(=O)c2ccc(Br)cc2OC)c1. The van der Waals surface area contributed by atoms with Gasteiger partial charge in [0, 0.05) is 10.5 Å². The van der Waals surface area contributed by atoms with Crippen LogP contribution in [0.15, 0.2) is 40.9 Å². The maximum absolute atomic E-state index is 13.7. The molecular weight excluding hydrogens is 341 g/mol. The molecule has 0 aliphatic carbocycles. The quantitative estimate of drug-likeness (QED) is 0.907. The van der Waals surface area contributed by atoms with Crippen LogP contribution in [0.2, 0.25) is 0 Å². The Kier molecular flexibility index (Phi) is 4.80. The lowest BCUT2D eigenvalue weighted by molar-refractivity contribution is 0.102. The summed E-state index contributed by atoms with van der Waals surface area (Å²) in [4.78, 5) is 12.2. The summed E-state index contributed by atoms with van der Waals surface area (Å²) in [5, 5.41) is 2.51. The molecule has 2 aromatic carbocycles. The summed E-state index contributed by atoms with van der Waals surface area (Å²) in [7, 11) is 2.93. The Morgan fingerprint density at radius 2 is 1.90 bits per heavy atom. The number of carbonyl (C=O) groups excluding carboxylic acids is 1. The molecule has 0 bridgehead atoms. The van der Waals surface area contributed by atoms with Crippen molar-refractivity contribution in [3.05, 3.63) is 52.3 Å². The smallest absolute Gasteiger partial charge is 0.259 e. The molecule has 4 nitrogen and oxygen atoms in total. The van der Waals surface area contributed by atoms with E-state index in [1.807, 2.05) is 0 Å². The number of amides is 1. The van der Waals surface area contributed by atoms with E-state index in [-0.39, 0.29) is 5.69 Å². The van der Waals surface area contributed by atoms with Crippen LogP contribution in [-0.4, -0.2) is 20.1 Å². The maximum Gasteiger partial charge on any atom is 0.259 e. The van der Waals surface area contributed by atoms with Crippen LogP contribution in [0.5, 0.6) is 11.5 Å². The summed E-state index contributed by atoms with van der Waals surface area (Å²) in [5.74, 6) is -0.161. The summed E-state index contributed by atoms with van der Waals surface area (Å²) in [6, 6.07) is 9.09. The zero-order chi connectivity index (χ0) is 15.4. The average Bonchev–Trinajstić information content (AvgIpc) is 2.49. The second kappa shape index (κ2) is 6.58. The van der Waals surface area contributed by atoms with Gasteiger partial charge in [-0.1, -0.05) is 15.9 Å². The van der Waals surface area contributed by atoms with Crippen LogP contribution >= 0.6 is 15.9 Å². The molecule has 110 valence electrons. The maximum atomic E-state index is 13.7. The van der Waals surface area contributed by atoms with E-state index in [0.717, 1.165) is 4.47 Å². The van der Waals surface area contributed by atoms with E-state index in [9.17, 15) is 9.18 Å². The van der Waals surface area contributed by atoms with Crippen molar-refractivity contribution in [1.29, 1.82) is 0 Å². The Bertz CT molecular complexity index is 676. The number of nitrogens with one attached hydrogen (secondary N) is 1. The number of rotatable bonds is 4. The summed E-state index contributed by atoms with van der Waals surface area (Å²) in [6.07, 6.45) is 0. The molecule has 0 aliphatic rings. The fraction of sp³-hybridized carbons (Fsp3) is 0.133. The zero-order valence-electron chi connectivity index (χ0n) is 11.4. The number of ether oxygens (including phenoxy) is 2. The van der Waals surface area contributed by atoms with E-state index < -0.39 is 11.7 Å². The molecule has 6 heteroatoms. The van der Waals surface area contributed by atoms with Gasteiger partial charge in [0.2, 0.25) is 0 Å². The molecule has 0 fully saturated rings. The molecule has 0 radical (unpaired) electrons. The lowest BCUT2D eigenvalue weighted by atomic mass is 10.2. The van der Waals surface area contributed by atoms with Crippen molar-refractivity contribution in [2.75, 3.05) is 19.5 Å². The van der Waals surface area contributed by atoms with Gasteiger partial charge < -0.3 is 14.8 Å². The number of benzene rings is 2. The molecule has 0 atom stereocenters. The van der Waals surface area contributed by atoms with Gasteiger partial charge in [-0.15, -0.1) is 0 Å². The third-order valence-corrected chi connectivity index (χ3v) is 3.32. The molecule has 0 aliphatic heterocycles. The van der Waals surface area contributed by atoms with Crippen molar-refractivity contribution >= 4 is 27.5 Å². The number of hydrogen-bond acceptors (Lipinski definition) is 3. The van der Waals surface area contributed by atoms with Crippen LogP contribution in [0.25, 0.3) is 0 Å². The van der Waals surface area contributed by atoms with Crippen LogP contribution in [0.4, 0.5) is 10.1 Å². The predicted molar refractivity (Wildman–Crippen MR) is 81.6 cm³/mol. The number of anilines is 1. The fourth-order valence-electron chi connectivity index (χ4n) is 1.77. The molecule has 21 heavy (non-hydrogen) atoms. The summed E-state index contributed by atoms with van der Waals surface area (Å²) < 4.78 is 24.7. The molecule has 1 amide bonds. The van der Waals surface area contributed by atoms with E-state index >= 15 is 0 Å². The Morgan fingerprint density at radius 3 is 2.57 bits per heavy atom. The topological polar surface area (TPSA) is 47.6 Å². The molecule has 1 N–H and O–H groups in total. The van der Waals surface area contributed by atoms with E-state index in [2.05, 4.69) is 21.2 Å². The molecule has 2 rings (SSSR count). The van der Waals surface area contributed by atoms with Gasteiger partial charge in [0.25, 0.3) is 5.91 Å². The largest absolute Gasteiger partial charge is 0.497 e.